The van der Waals surface area contributed by atoms with E-state index in [1.165, 1.54) is 12.8 Å². The number of rotatable bonds is 2. The second kappa shape index (κ2) is 6.97. The van der Waals surface area contributed by atoms with Gasteiger partial charge in [-0.1, -0.05) is 39.6 Å². The predicted molar refractivity (Wildman–Crippen MR) is 82.0 cm³/mol. The third-order valence-electron chi connectivity index (χ3n) is 4.40. The summed E-state index contributed by atoms with van der Waals surface area (Å²) in [6.45, 7) is 10.4. The van der Waals surface area contributed by atoms with Crippen molar-refractivity contribution in [2.45, 2.75) is 71.4 Å². The number of hydrogen-bond donors (Lipinski definition) is 0. The summed E-state index contributed by atoms with van der Waals surface area (Å²) in [7, 11) is 0. The molecule has 1 aliphatic carbocycles. The lowest BCUT2D eigenvalue weighted by Crippen LogP contribution is -2.45. The first-order valence-corrected chi connectivity index (χ1v) is 9.07. The van der Waals surface area contributed by atoms with Gasteiger partial charge in [-0.05, 0) is 12.8 Å². The highest BCUT2D eigenvalue weighted by Crippen LogP contribution is 2.50. The van der Waals surface area contributed by atoms with Crippen LogP contribution in [-0.2, 0) is 14.5 Å². The van der Waals surface area contributed by atoms with Crippen molar-refractivity contribution in [2.24, 2.45) is 5.92 Å². The molecule has 118 valence electrons. The Morgan fingerprint density at radius 2 is 1.85 bits per heavy atom. The van der Waals surface area contributed by atoms with E-state index in [1.807, 2.05) is 25.8 Å². The van der Waals surface area contributed by atoms with Crippen LogP contribution in [0.15, 0.2) is 0 Å². The van der Waals surface area contributed by atoms with Crippen LogP contribution in [-0.4, -0.2) is 34.7 Å². The molecular formula is C15H29NO3S. The molecule has 1 saturated carbocycles. The molecule has 2 aliphatic heterocycles. The van der Waals surface area contributed by atoms with E-state index >= 15 is 0 Å². The summed E-state index contributed by atoms with van der Waals surface area (Å²) in [5, 5.41) is 0. The highest BCUT2D eigenvalue weighted by molar-refractivity contribution is 7.96. The zero-order valence-electron chi connectivity index (χ0n) is 13.3. The Hall–Kier alpha value is 0.190. The van der Waals surface area contributed by atoms with Crippen LogP contribution < -0.4 is 0 Å². The van der Waals surface area contributed by atoms with Crippen LogP contribution in [0.4, 0.5) is 0 Å². The Labute approximate surface area is 127 Å². The fraction of sp³-hybridized carbons (Fsp3) is 1.00. The first-order valence-electron chi connectivity index (χ1n) is 8.13. The standard InChI is InChI=1S/C13H23NO3S.C2H6/c1-3-18-14-9-7-12(8-10-14)15-13(17-16-12)6-4-5-11(13)2;1-2/h11H,3-10H2,1-2H3;1-2H3. The highest BCUT2D eigenvalue weighted by atomic mass is 32.2. The summed E-state index contributed by atoms with van der Waals surface area (Å²) >= 11 is 1.90. The van der Waals surface area contributed by atoms with E-state index in [1.54, 1.807) is 0 Å². The van der Waals surface area contributed by atoms with Crippen molar-refractivity contribution in [2.75, 3.05) is 18.8 Å². The zero-order valence-corrected chi connectivity index (χ0v) is 14.1. The van der Waals surface area contributed by atoms with Gasteiger partial charge in [-0.2, -0.15) is 9.78 Å². The number of piperidine rings is 1. The molecule has 2 spiro atoms. The van der Waals surface area contributed by atoms with Gasteiger partial charge in [-0.3, -0.25) is 4.31 Å². The molecule has 0 aromatic rings. The molecule has 4 nitrogen and oxygen atoms in total. The van der Waals surface area contributed by atoms with Gasteiger partial charge < -0.3 is 4.74 Å². The zero-order chi connectivity index (χ0) is 14.6. The molecule has 2 heterocycles. The van der Waals surface area contributed by atoms with E-state index in [0.29, 0.717) is 5.92 Å². The maximum atomic E-state index is 6.30. The van der Waals surface area contributed by atoms with Crippen molar-refractivity contribution in [3.8, 4) is 0 Å². The maximum Gasteiger partial charge on any atom is 0.207 e. The van der Waals surface area contributed by atoms with Crippen molar-refractivity contribution in [3.05, 3.63) is 0 Å². The second-order valence-corrected chi connectivity index (χ2v) is 6.98. The van der Waals surface area contributed by atoms with Crippen LogP contribution in [0.3, 0.4) is 0 Å². The molecule has 2 atom stereocenters. The Morgan fingerprint density at radius 1 is 1.15 bits per heavy atom. The van der Waals surface area contributed by atoms with Gasteiger partial charge in [0.25, 0.3) is 0 Å². The third-order valence-corrected chi connectivity index (χ3v) is 5.39. The van der Waals surface area contributed by atoms with Crippen LogP contribution >= 0.6 is 11.9 Å². The summed E-state index contributed by atoms with van der Waals surface area (Å²) in [6.07, 6.45) is 5.15. The molecule has 0 aromatic heterocycles. The number of nitrogens with zero attached hydrogens (tertiary/aromatic N) is 1. The molecule has 2 unspecified atom stereocenters. The predicted octanol–water partition coefficient (Wildman–Crippen LogP) is 3.97. The summed E-state index contributed by atoms with van der Waals surface area (Å²) in [5.41, 5.74) is 0. The molecule has 20 heavy (non-hydrogen) atoms. The van der Waals surface area contributed by atoms with Gasteiger partial charge in [0, 0.05) is 44.0 Å². The highest BCUT2D eigenvalue weighted by Gasteiger charge is 2.57. The fourth-order valence-electron chi connectivity index (χ4n) is 3.22. The minimum Gasteiger partial charge on any atom is -0.312 e. The van der Waals surface area contributed by atoms with Crippen LogP contribution in [0, 0.1) is 5.92 Å². The monoisotopic (exact) mass is 303 g/mol. The molecule has 0 N–H and O–H groups in total. The van der Waals surface area contributed by atoms with Crippen LogP contribution in [0.1, 0.15) is 59.8 Å². The Kier molecular flexibility index (Phi) is 5.77. The maximum absolute atomic E-state index is 6.30. The van der Waals surface area contributed by atoms with Gasteiger partial charge in [0.2, 0.25) is 11.6 Å². The lowest BCUT2D eigenvalue weighted by Gasteiger charge is -2.36. The molecule has 0 radical (unpaired) electrons. The lowest BCUT2D eigenvalue weighted by molar-refractivity contribution is -0.358. The molecule has 0 bridgehead atoms. The van der Waals surface area contributed by atoms with Crippen molar-refractivity contribution in [1.29, 1.82) is 0 Å². The number of ether oxygens (including phenoxy) is 1. The fourth-order valence-corrected chi connectivity index (χ4v) is 4.02. The van der Waals surface area contributed by atoms with Gasteiger partial charge in [-0.25, -0.2) is 0 Å². The smallest absolute Gasteiger partial charge is 0.207 e. The number of hydrogen-bond acceptors (Lipinski definition) is 5. The van der Waals surface area contributed by atoms with E-state index in [2.05, 4.69) is 18.2 Å². The van der Waals surface area contributed by atoms with Crippen molar-refractivity contribution in [3.63, 3.8) is 0 Å². The van der Waals surface area contributed by atoms with Gasteiger partial charge >= 0.3 is 0 Å². The molecule has 0 amide bonds. The van der Waals surface area contributed by atoms with Crippen molar-refractivity contribution in [1.82, 2.24) is 4.31 Å². The van der Waals surface area contributed by atoms with Crippen LogP contribution in [0.5, 0.6) is 0 Å². The Balaban J connectivity index is 0.000000704. The van der Waals surface area contributed by atoms with Gasteiger partial charge in [0.05, 0.1) is 0 Å². The minimum absolute atomic E-state index is 0.444. The minimum atomic E-state index is -0.469. The molecular weight excluding hydrogens is 274 g/mol. The Morgan fingerprint density at radius 3 is 2.40 bits per heavy atom. The summed E-state index contributed by atoms with van der Waals surface area (Å²) < 4.78 is 8.70. The quantitative estimate of drug-likeness (QED) is 0.569. The summed E-state index contributed by atoms with van der Waals surface area (Å²) in [5.74, 6) is 0.662. The summed E-state index contributed by atoms with van der Waals surface area (Å²) in [4.78, 5) is 11.3. The van der Waals surface area contributed by atoms with E-state index in [9.17, 15) is 0 Å². The topological polar surface area (TPSA) is 30.9 Å². The van der Waals surface area contributed by atoms with Crippen molar-refractivity contribution < 1.29 is 14.5 Å². The van der Waals surface area contributed by atoms with E-state index in [-0.39, 0.29) is 0 Å². The van der Waals surface area contributed by atoms with Crippen molar-refractivity contribution >= 4 is 11.9 Å². The second-order valence-electron chi connectivity index (χ2n) is 5.63. The molecule has 2 saturated heterocycles. The molecule has 0 aromatic carbocycles. The van der Waals surface area contributed by atoms with Crippen LogP contribution in [0.2, 0.25) is 0 Å². The van der Waals surface area contributed by atoms with E-state index < -0.39 is 11.6 Å². The van der Waals surface area contributed by atoms with Gasteiger partial charge in [-0.15, -0.1) is 0 Å². The first-order chi connectivity index (χ1) is 9.68. The molecule has 3 rings (SSSR count). The van der Waals surface area contributed by atoms with E-state index in [0.717, 1.165) is 38.1 Å². The lowest BCUT2D eigenvalue weighted by atomic mass is 10.0. The van der Waals surface area contributed by atoms with E-state index in [4.69, 9.17) is 14.5 Å². The average Bonchev–Trinajstić information content (AvgIpc) is 3.01. The molecule has 5 heteroatoms. The third kappa shape index (κ3) is 3.17. The van der Waals surface area contributed by atoms with Gasteiger partial charge in [0.15, 0.2) is 0 Å². The van der Waals surface area contributed by atoms with Gasteiger partial charge in [0.1, 0.15) is 0 Å². The van der Waals surface area contributed by atoms with Crippen LogP contribution in [0.25, 0.3) is 0 Å². The average molecular weight is 303 g/mol. The Bertz CT molecular complexity index is 307. The molecule has 3 fully saturated rings. The SMILES string of the molecule is CC.CCSN1CCC2(CC1)OOC1(CCCC1C)O2. The largest absolute Gasteiger partial charge is 0.312 e. The summed E-state index contributed by atoms with van der Waals surface area (Å²) in [6, 6.07) is 0. The first kappa shape index (κ1) is 16.6. The molecule has 3 aliphatic rings. The normalized spacial score (nSPS) is 36.3.